The Morgan fingerprint density at radius 2 is 1.49 bits per heavy atom. The number of piperazine rings is 1. The van der Waals surface area contributed by atoms with E-state index in [-0.39, 0.29) is 0 Å². The molecule has 3 unspecified atom stereocenters. The van der Waals surface area contributed by atoms with Gasteiger partial charge in [0.25, 0.3) is 0 Å². The SMILES string of the molecule is CC1c2c(Cl)cccc2CCC1C1CNCCN1C.O=C(O)/C=C\C(=O)O.O=C(O)/C=C\C(=O)O. The number of carboxylic acid groups (broad SMARTS) is 4. The minimum Gasteiger partial charge on any atom is -0.478 e. The lowest BCUT2D eigenvalue weighted by atomic mass is 9.72. The van der Waals surface area contributed by atoms with Crippen LogP contribution in [0.5, 0.6) is 0 Å². The van der Waals surface area contributed by atoms with Gasteiger partial charge in [-0.05, 0) is 48.9 Å². The van der Waals surface area contributed by atoms with Gasteiger partial charge in [0.05, 0.1) is 0 Å². The summed E-state index contributed by atoms with van der Waals surface area (Å²) in [5, 5.41) is 35.8. The fourth-order valence-corrected chi connectivity index (χ4v) is 4.58. The molecule has 1 aliphatic heterocycles. The summed E-state index contributed by atoms with van der Waals surface area (Å²) in [4.78, 5) is 40.7. The number of likely N-dealkylation sites (N-methyl/N-ethyl adjacent to an activating group) is 1. The lowest BCUT2D eigenvalue weighted by molar-refractivity contribution is -0.134. The van der Waals surface area contributed by atoms with E-state index in [1.165, 1.54) is 24.0 Å². The molecule has 5 N–H and O–H groups in total. The van der Waals surface area contributed by atoms with Gasteiger partial charge < -0.3 is 30.6 Å². The van der Waals surface area contributed by atoms with Crippen molar-refractivity contribution in [3.05, 3.63) is 58.7 Å². The molecular formula is C24H31ClN2O8. The third-order valence-corrected chi connectivity index (χ3v) is 6.11. The second-order valence-corrected chi connectivity index (χ2v) is 8.48. The van der Waals surface area contributed by atoms with Crippen molar-refractivity contribution in [3.63, 3.8) is 0 Å². The van der Waals surface area contributed by atoms with Crippen molar-refractivity contribution in [2.24, 2.45) is 5.92 Å². The van der Waals surface area contributed by atoms with E-state index < -0.39 is 23.9 Å². The Balaban J connectivity index is 0.000000320. The number of rotatable bonds is 5. The van der Waals surface area contributed by atoms with E-state index in [0.29, 0.717) is 42.2 Å². The zero-order valence-electron chi connectivity index (χ0n) is 19.6. The zero-order valence-corrected chi connectivity index (χ0v) is 20.3. The fraction of sp³-hybridized carbons (Fsp3) is 0.417. The Kier molecular flexibility index (Phi) is 12.7. The van der Waals surface area contributed by atoms with Gasteiger partial charge in [0.15, 0.2) is 0 Å². The average Bonchev–Trinajstić information content (AvgIpc) is 2.78. The predicted octanol–water partition coefficient (Wildman–Crippen LogP) is 2.33. The molecule has 2 aliphatic rings. The summed E-state index contributed by atoms with van der Waals surface area (Å²) >= 11 is 6.45. The molecule has 35 heavy (non-hydrogen) atoms. The molecule has 0 bridgehead atoms. The van der Waals surface area contributed by atoms with Crippen molar-refractivity contribution in [3.8, 4) is 0 Å². The lowest BCUT2D eigenvalue weighted by Gasteiger charge is -2.43. The van der Waals surface area contributed by atoms with Gasteiger partial charge in [-0.15, -0.1) is 0 Å². The Bertz CT molecular complexity index is 897. The summed E-state index contributed by atoms with van der Waals surface area (Å²) in [6.07, 6.45) is 4.69. The van der Waals surface area contributed by atoms with Crippen molar-refractivity contribution in [1.82, 2.24) is 10.2 Å². The van der Waals surface area contributed by atoms with Crippen LogP contribution in [-0.4, -0.2) is 81.9 Å². The van der Waals surface area contributed by atoms with Crippen LogP contribution in [0, 0.1) is 5.92 Å². The van der Waals surface area contributed by atoms with Crippen LogP contribution in [0.1, 0.15) is 30.4 Å². The van der Waals surface area contributed by atoms with E-state index in [2.05, 4.69) is 36.3 Å². The molecule has 1 fully saturated rings. The molecule has 3 rings (SSSR count). The van der Waals surface area contributed by atoms with Gasteiger partial charge >= 0.3 is 23.9 Å². The average molecular weight is 511 g/mol. The third kappa shape index (κ3) is 10.7. The predicted molar refractivity (Wildman–Crippen MR) is 130 cm³/mol. The number of carboxylic acids is 4. The Labute approximate surface area is 208 Å². The van der Waals surface area contributed by atoms with E-state index >= 15 is 0 Å². The number of fused-ring (bicyclic) bond motifs is 1. The minimum atomic E-state index is -1.26. The van der Waals surface area contributed by atoms with Gasteiger partial charge in [0, 0.05) is 55.0 Å². The first kappa shape index (κ1) is 29.8. The second kappa shape index (κ2) is 14.9. The summed E-state index contributed by atoms with van der Waals surface area (Å²) < 4.78 is 0. The lowest BCUT2D eigenvalue weighted by Crippen LogP contribution is -2.54. The summed E-state index contributed by atoms with van der Waals surface area (Å²) in [5.41, 5.74) is 2.86. The van der Waals surface area contributed by atoms with Gasteiger partial charge in [0.2, 0.25) is 0 Å². The molecule has 3 atom stereocenters. The van der Waals surface area contributed by atoms with E-state index in [0.717, 1.165) is 24.7 Å². The molecule has 1 aliphatic carbocycles. The molecule has 1 aromatic carbocycles. The Hall–Kier alpha value is -3.21. The summed E-state index contributed by atoms with van der Waals surface area (Å²) in [6, 6.07) is 7.02. The largest absolute Gasteiger partial charge is 0.478 e. The molecule has 1 aromatic rings. The molecule has 192 valence electrons. The summed E-state index contributed by atoms with van der Waals surface area (Å²) in [5.74, 6) is -3.76. The molecule has 1 saturated heterocycles. The number of aliphatic carboxylic acids is 4. The minimum absolute atomic E-state index is 0.558. The third-order valence-electron chi connectivity index (χ3n) is 5.78. The topological polar surface area (TPSA) is 164 Å². The summed E-state index contributed by atoms with van der Waals surface area (Å²) in [6.45, 7) is 5.75. The normalized spacial score (nSPS) is 21.7. The van der Waals surface area contributed by atoms with Gasteiger partial charge in [0.1, 0.15) is 0 Å². The van der Waals surface area contributed by atoms with E-state index in [9.17, 15) is 19.2 Å². The first-order chi connectivity index (χ1) is 16.4. The number of halogens is 1. The zero-order chi connectivity index (χ0) is 26.5. The van der Waals surface area contributed by atoms with Crippen molar-refractivity contribution in [2.75, 3.05) is 26.7 Å². The first-order valence-electron chi connectivity index (χ1n) is 10.9. The maximum Gasteiger partial charge on any atom is 0.328 e. The van der Waals surface area contributed by atoms with E-state index in [1.807, 2.05) is 6.07 Å². The molecule has 0 amide bonds. The highest BCUT2D eigenvalue weighted by molar-refractivity contribution is 6.31. The van der Waals surface area contributed by atoms with Crippen molar-refractivity contribution >= 4 is 35.5 Å². The van der Waals surface area contributed by atoms with Gasteiger partial charge in [-0.2, -0.15) is 0 Å². The van der Waals surface area contributed by atoms with Crippen LogP contribution in [0.15, 0.2) is 42.5 Å². The van der Waals surface area contributed by atoms with Crippen LogP contribution in [0.3, 0.4) is 0 Å². The molecule has 0 radical (unpaired) electrons. The van der Waals surface area contributed by atoms with Gasteiger partial charge in [-0.1, -0.05) is 30.7 Å². The molecule has 10 nitrogen and oxygen atoms in total. The highest BCUT2D eigenvalue weighted by Crippen LogP contribution is 2.42. The van der Waals surface area contributed by atoms with Crippen molar-refractivity contribution < 1.29 is 39.6 Å². The number of hydrogen-bond donors (Lipinski definition) is 5. The molecule has 0 spiro atoms. The van der Waals surface area contributed by atoms with E-state index in [1.54, 1.807) is 0 Å². The maximum atomic E-state index is 9.55. The Morgan fingerprint density at radius 1 is 0.971 bits per heavy atom. The molecule has 1 heterocycles. The smallest absolute Gasteiger partial charge is 0.328 e. The van der Waals surface area contributed by atoms with Gasteiger partial charge in [-0.25, -0.2) is 19.2 Å². The second-order valence-electron chi connectivity index (χ2n) is 8.08. The standard InChI is InChI=1S/C16H23ClN2.2C4H4O4/c1-11-13(15-10-18-8-9-19(15)2)7-6-12-4-3-5-14(17)16(11)12;2*5-3(6)1-2-4(7)8/h3-5,11,13,15,18H,6-10H2,1-2H3;2*1-2H,(H,5,6)(H,7,8)/b;2*2-1-. The van der Waals surface area contributed by atoms with Crippen molar-refractivity contribution in [1.29, 1.82) is 0 Å². The van der Waals surface area contributed by atoms with Crippen LogP contribution in [0.25, 0.3) is 0 Å². The number of hydrogen-bond acceptors (Lipinski definition) is 6. The number of benzene rings is 1. The number of nitrogens with one attached hydrogen (secondary N) is 1. The summed E-state index contributed by atoms with van der Waals surface area (Å²) in [7, 11) is 2.26. The van der Waals surface area contributed by atoms with E-state index in [4.69, 9.17) is 32.0 Å². The number of nitrogens with zero attached hydrogens (tertiary/aromatic N) is 1. The molecular weight excluding hydrogens is 480 g/mol. The van der Waals surface area contributed by atoms with Crippen molar-refractivity contribution in [2.45, 2.75) is 31.7 Å². The van der Waals surface area contributed by atoms with Crippen LogP contribution in [0.4, 0.5) is 0 Å². The monoisotopic (exact) mass is 510 g/mol. The quantitative estimate of drug-likeness (QED) is 0.371. The number of aryl methyl sites for hydroxylation is 1. The Morgan fingerprint density at radius 3 is 1.94 bits per heavy atom. The molecule has 0 aromatic heterocycles. The highest BCUT2D eigenvalue weighted by Gasteiger charge is 2.36. The fourth-order valence-electron chi connectivity index (χ4n) is 4.21. The van der Waals surface area contributed by atoms with Crippen LogP contribution >= 0.6 is 11.6 Å². The van der Waals surface area contributed by atoms with Crippen LogP contribution in [0.2, 0.25) is 5.02 Å². The highest BCUT2D eigenvalue weighted by atomic mass is 35.5. The van der Waals surface area contributed by atoms with Crippen LogP contribution < -0.4 is 5.32 Å². The maximum absolute atomic E-state index is 9.55. The van der Waals surface area contributed by atoms with Crippen LogP contribution in [-0.2, 0) is 25.6 Å². The molecule has 11 heteroatoms. The first-order valence-corrected chi connectivity index (χ1v) is 11.3. The van der Waals surface area contributed by atoms with Gasteiger partial charge in [-0.3, -0.25) is 0 Å². The number of carbonyl (C=O) groups is 4. The molecule has 0 saturated carbocycles.